The highest BCUT2D eigenvalue weighted by atomic mass is 32.1. The Morgan fingerprint density at radius 2 is 0.910 bits per heavy atom. The van der Waals surface area contributed by atoms with Crippen LogP contribution in [0.5, 0.6) is 0 Å². The monoisotopic (exact) mass is 918 g/mol. The van der Waals surface area contributed by atoms with E-state index in [1.54, 1.807) is 11.1 Å². The van der Waals surface area contributed by atoms with Crippen LogP contribution in [-0.2, 0) is 18.3 Å². The third-order valence-corrected chi connectivity index (χ3v) is 17.1. The number of hydrogen-bond acceptors (Lipinski definition) is 4. The minimum Gasteiger partial charge on any atom is -0.243 e. The summed E-state index contributed by atoms with van der Waals surface area (Å²) in [5.74, 6) is 0. The Hall–Kier alpha value is -5.16. The summed E-state index contributed by atoms with van der Waals surface area (Å²) in [7, 11) is 0. The second-order valence-electron chi connectivity index (χ2n) is 19.3. The molecule has 0 bridgehead atoms. The molecule has 67 heavy (non-hydrogen) atoms. The average Bonchev–Trinajstić information content (AvgIpc) is 4.05. The van der Waals surface area contributed by atoms with E-state index in [9.17, 15) is 0 Å². The van der Waals surface area contributed by atoms with Crippen molar-refractivity contribution in [3.63, 3.8) is 0 Å². The molecule has 4 heteroatoms. The van der Waals surface area contributed by atoms with Crippen molar-refractivity contribution in [2.45, 2.75) is 150 Å². The molecule has 2 nitrogen and oxygen atoms in total. The van der Waals surface area contributed by atoms with Crippen LogP contribution >= 0.6 is 22.7 Å². The molecule has 3 heterocycles. The molecule has 0 amide bonds. The molecule has 1 aliphatic carbocycles. The van der Waals surface area contributed by atoms with Gasteiger partial charge in [0.05, 0.1) is 22.4 Å². The molecule has 9 rings (SSSR count). The van der Waals surface area contributed by atoms with Crippen molar-refractivity contribution in [1.29, 1.82) is 0 Å². The first kappa shape index (κ1) is 46.9. The Kier molecular flexibility index (Phi) is 15.0. The summed E-state index contributed by atoms with van der Waals surface area (Å²) in [6.07, 6.45) is 20.3. The standard InChI is InChI=1S/C63H70N2S2/c1-7-11-13-15-17-25-37-63(38-26-18-16-14-12-8-2)54-39-43(5)31-33-50(54)51-34-32-49(40-55(51)63)62-46(10-4)42-57(67-62)53-36-35-52(56-41-45(9-3)44(6)66-56)60-61(53)65-59(48-29-23-20-24-30-48)58(64-60)47-27-21-19-22-28-47/h19-24,27-36,39-42H,7-18,25-26,37-38H2,1-6H3. The Morgan fingerprint density at radius 1 is 0.433 bits per heavy atom. The molecule has 0 N–H and O–H groups in total. The maximum Gasteiger partial charge on any atom is 0.0988 e. The number of aromatic nitrogens is 2. The lowest BCUT2D eigenvalue weighted by molar-refractivity contribution is 0.398. The molecular formula is C63H70N2S2. The minimum absolute atomic E-state index is 0.0401. The van der Waals surface area contributed by atoms with Gasteiger partial charge in [-0.15, -0.1) is 22.7 Å². The van der Waals surface area contributed by atoms with Crippen LogP contribution in [0.15, 0.2) is 121 Å². The van der Waals surface area contributed by atoms with E-state index in [-0.39, 0.29) is 5.41 Å². The van der Waals surface area contributed by atoms with E-state index < -0.39 is 0 Å². The van der Waals surface area contributed by atoms with Gasteiger partial charge in [-0.1, -0.05) is 213 Å². The van der Waals surface area contributed by atoms with E-state index in [1.165, 1.54) is 143 Å². The molecule has 0 atom stereocenters. The fourth-order valence-electron chi connectivity index (χ4n) is 11.0. The normalized spacial score (nSPS) is 12.8. The molecule has 0 radical (unpaired) electrons. The molecule has 344 valence electrons. The van der Waals surface area contributed by atoms with Gasteiger partial charge in [-0.2, -0.15) is 0 Å². The maximum absolute atomic E-state index is 5.72. The third kappa shape index (κ3) is 9.64. The van der Waals surface area contributed by atoms with Crippen molar-refractivity contribution >= 4 is 33.7 Å². The number of nitrogens with zero attached hydrogens (tertiary/aromatic N) is 2. The van der Waals surface area contributed by atoms with Gasteiger partial charge in [-0.25, -0.2) is 9.97 Å². The van der Waals surface area contributed by atoms with E-state index in [0.717, 1.165) is 57.5 Å². The number of unbranched alkanes of at least 4 members (excludes halogenated alkanes) is 10. The topological polar surface area (TPSA) is 25.8 Å². The number of benzene rings is 5. The van der Waals surface area contributed by atoms with E-state index >= 15 is 0 Å². The van der Waals surface area contributed by atoms with Gasteiger partial charge in [0.2, 0.25) is 0 Å². The molecule has 0 aliphatic heterocycles. The summed E-state index contributed by atoms with van der Waals surface area (Å²) in [6, 6.07) is 45.7. The summed E-state index contributed by atoms with van der Waals surface area (Å²) in [4.78, 5) is 16.7. The van der Waals surface area contributed by atoms with Gasteiger partial charge in [0.1, 0.15) is 0 Å². The zero-order chi connectivity index (χ0) is 46.3. The van der Waals surface area contributed by atoms with Crippen LogP contribution in [0, 0.1) is 13.8 Å². The first-order valence-electron chi connectivity index (χ1n) is 25.8. The van der Waals surface area contributed by atoms with E-state index in [0.29, 0.717) is 0 Å². The highest BCUT2D eigenvalue weighted by Crippen LogP contribution is 2.56. The predicted molar refractivity (Wildman–Crippen MR) is 293 cm³/mol. The molecule has 0 fully saturated rings. The number of hydrogen-bond donors (Lipinski definition) is 0. The van der Waals surface area contributed by atoms with Crippen molar-refractivity contribution in [3.05, 3.63) is 154 Å². The van der Waals surface area contributed by atoms with Crippen molar-refractivity contribution in [1.82, 2.24) is 9.97 Å². The van der Waals surface area contributed by atoms with Gasteiger partial charge in [0.15, 0.2) is 0 Å². The Bertz CT molecular complexity index is 2920. The van der Waals surface area contributed by atoms with Crippen molar-refractivity contribution in [2.75, 3.05) is 0 Å². The van der Waals surface area contributed by atoms with E-state index in [1.807, 2.05) is 22.7 Å². The molecule has 0 saturated heterocycles. The minimum atomic E-state index is 0.0401. The van der Waals surface area contributed by atoms with E-state index in [4.69, 9.17) is 9.97 Å². The van der Waals surface area contributed by atoms with Crippen molar-refractivity contribution < 1.29 is 0 Å². The molecule has 0 unspecified atom stereocenters. The van der Waals surface area contributed by atoms with Gasteiger partial charge in [0.25, 0.3) is 0 Å². The second-order valence-corrected chi connectivity index (χ2v) is 21.6. The van der Waals surface area contributed by atoms with Gasteiger partial charge in [-0.05, 0) is 96.7 Å². The molecule has 8 aromatic rings. The zero-order valence-corrected chi connectivity index (χ0v) is 42.7. The van der Waals surface area contributed by atoms with Crippen molar-refractivity contribution in [2.24, 2.45) is 0 Å². The summed E-state index contributed by atoms with van der Waals surface area (Å²) in [6.45, 7) is 13.8. The first-order valence-corrected chi connectivity index (χ1v) is 27.4. The highest BCUT2D eigenvalue weighted by Gasteiger charge is 2.42. The average molecular weight is 919 g/mol. The van der Waals surface area contributed by atoms with Crippen LogP contribution in [0.25, 0.3) is 76.0 Å². The summed E-state index contributed by atoms with van der Waals surface area (Å²) < 4.78 is 0. The molecule has 5 aromatic carbocycles. The third-order valence-electron chi connectivity index (χ3n) is 14.7. The van der Waals surface area contributed by atoms with Gasteiger partial charge in [0, 0.05) is 47.2 Å². The van der Waals surface area contributed by atoms with Gasteiger partial charge >= 0.3 is 0 Å². The van der Waals surface area contributed by atoms with E-state index in [2.05, 4.69) is 163 Å². The van der Waals surface area contributed by atoms with Crippen molar-refractivity contribution in [3.8, 4) is 65.0 Å². The lowest BCUT2D eigenvalue weighted by atomic mass is 9.70. The fourth-order valence-corrected chi connectivity index (χ4v) is 13.4. The molecule has 3 aromatic heterocycles. The van der Waals surface area contributed by atoms with Crippen LogP contribution < -0.4 is 0 Å². The number of aryl methyl sites for hydroxylation is 4. The van der Waals surface area contributed by atoms with Crippen LogP contribution in [0.4, 0.5) is 0 Å². The van der Waals surface area contributed by atoms with Crippen LogP contribution in [0.2, 0.25) is 0 Å². The van der Waals surface area contributed by atoms with Crippen LogP contribution in [-0.4, -0.2) is 9.97 Å². The van der Waals surface area contributed by atoms with Crippen LogP contribution in [0.3, 0.4) is 0 Å². The predicted octanol–water partition coefficient (Wildman–Crippen LogP) is 19.6. The quantitative estimate of drug-likeness (QED) is 0.0671. The Labute approximate surface area is 410 Å². The largest absolute Gasteiger partial charge is 0.243 e. The zero-order valence-electron chi connectivity index (χ0n) is 41.1. The fraction of sp³-hybridized carbons (Fsp3) is 0.365. The summed E-state index contributed by atoms with van der Waals surface area (Å²) in [5.41, 5.74) is 19.9. The molecule has 1 aliphatic rings. The highest BCUT2D eigenvalue weighted by molar-refractivity contribution is 7.19. The smallest absolute Gasteiger partial charge is 0.0988 e. The first-order chi connectivity index (χ1) is 32.9. The molecular weight excluding hydrogens is 849 g/mol. The SMILES string of the molecule is CCCCCCCCC1(CCCCCCCC)c2cc(C)ccc2-c2ccc(-c3sc(-c4ccc(-c5cc(CC)c(C)s5)c5nc(-c6ccccc6)c(-c6ccccc6)nc45)cc3CC)cc21. The number of rotatable bonds is 21. The number of fused-ring (bicyclic) bond motifs is 4. The summed E-state index contributed by atoms with van der Waals surface area (Å²) >= 11 is 3.82. The lowest BCUT2D eigenvalue weighted by Crippen LogP contribution is -2.25. The number of thiophene rings is 2. The molecule has 0 spiro atoms. The lowest BCUT2D eigenvalue weighted by Gasteiger charge is -2.33. The maximum atomic E-state index is 5.72. The second kappa shape index (κ2) is 21.4. The van der Waals surface area contributed by atoms with Gasteiger partial charge in [-0.3, -0.25) is 0 Å². The Balaban J connectivity index is 1.19. The molecule has 0 saturated carbocycles. The van der Waals surface area contributed by atoms with Gasteiger partial charge < -0.3 is 0 Å². The summed E-state index contributed by atoms with van der Waals surface area (Å²) in [5, 5.41) is 0. The Morgan fingerprint density at radius 3 is 1.45 bits per heavy atom. The van der Waals surface area contributed by atoms with Crippen LogP contribution in [0.1, 0.15) is 150 Å².